The number of hydrogen-bond acceptors (Lipinski definition) is 7. The maximum Gasteiger partial charge on any atom is 0.416 e. The number of pyridine rings is 1. The summed E-state index contributed by atoms with van der Waals surface area (Å²) in [7, 11) is 1.38. The average Bonchev–Trinajstić information content (AvgIpc) is 3.28. The van der Waals surface area contributed by atoms with E-state index in [0.29, 0.717) is 22.5 Å². The van der Waals surface area contributed by atoms with Gasteiger partial charge in [-0.15, -0.1) is 0 Å². The highest BCUT2D eigenvalue weighted by Gasteiger charge is 2.50. The number of nitrogens with zero attached hydrogens (tertiary/aromatic N) is 2. The summed E-state index contributed by atoms with van der Waals surface area (Å²) in [5, 5.41) is 5.46. The number of rotatable bonds is 6. The van der Waals surface area contributed by atoms with Crippen LogP contribution in [-0.2, 0) is 20.9 Å². The minimum Gasteiger partial charge on any atom is -0.494 e. The fourth-order valence-corrected chi connectivity index (χ4v) is 5.42. The largest absolute Gasteiger partial charge is 0.494 e. The Bertz CT molecular complexity index is 1520. The van der Waals surface area contributed by atoms with Gasteiger partial charge in [-0.3, -0.25) is 15.1 Å². The smallest absolute Gasteiger partial charge is 0.416 e. The normalized spacial score (nSPS) is 21.6. The Hall–Kier alpha value is -4.65. The van der Waals surface area contributed by atoms with Crippen LogP contribution in [0.15, 0.2) is 48.8 Å². The Morgan fingerprint density at radius 3 is 2.90 bits per heavy atom. The topological polar surface area (TPSA) is 110 Å². The molecule has 1 aliphatic carbocycles. The van der Waals surface area contributed by atoms with Crippen LogP contribution in [-0.4, -0.2) is 47.0 Å². The molecule has 2 aliphatic heterocycles. The first-order valence-corrected chi connectivity index (χ1v) is 13.5. The summed E-state index contributed by atoms with van der Waals surface area (Å²) in [4.78, 5) is 43.8. The van der Waals surface area contributed by atoms with Gasteiger partial charge in [-0.2, -0.15) is 0 Å². The number of ether oxygens (including phenoxy) is 2. The van der Waals surface area contributed by atoms with Crippen molar-refractivity contribution >= 4 is 29.4 Å². The molecular formula is C31H31FN4O5. The summed E-state index contributed by atoms with van der Waals surface area (Å²) >= 11 is 0. The number of alkyl carbamates (subject to hydrolysis) is 1. The molecule has 3 aliphatic rings. The lowest BCUT2D eigenvalue weighted by Gasteiger charge is -2.27. The number of fused-ring (bicyclic) bond motifs is 1. The number of benzene rings is 1. The van der Waals surface area contributed by atoms with Gasteiger partial charge in [0.1, 0.15) is 0 Å². The molecule has 0 bridgehead atoms. The van der Waals surface area contributed by atoms with Crippen LogP contribution in [0.3, 0.4) is 0 Å². The molecule has 2 amide bonds. The molecule has 2 unspecified atom stereocenters. The van der Waals surface area contributed by atoms with Crippen LogP contribution in [0.1, 0.15) is 55.7 Å². The number of nitrogens with one attached hydrogen (secondary N) is 2. The number of esters is 1. The monoisotopic (exact) mass is 558 g/mol. The summed E-state index contributed by atoms with van der Waals surface area (Å²) in [5.41, 5.74) is 1.84. The number of methoxy groups -OCH3 is 1. The highest BCUT2D eigenvalue weighted by atomic mass is 19.1. The molecule has 2 atom stereocenters. The lowest BCUT2D eigenvalue weighted by Crippen LogP contribution is -2.52. The van der Waals surface area contributed by atoms with E-state index in [2.05, 4.69) is 47.0 Å². The molecule has 0 spiro atoms. The minimum atomic E-state index is -1.73. The predicted octanol–water partition coefficient (Wildman–Crippen LogP) is 4.54. The Labute approximate surface area is 237 Å². The Balaban J connectivity index is 1.34. The van der Waals surface area contributed by atoms with E-state index in [1.54, 1.807) is 17.0 Å². The Kier molecular flexibility index (Phi) is 7.79. The van der Waals surface area contributed by atoms with Gasteiger partial charge in [-0.1, -0.05) is 43.1 Å². The van der Waals surface area contributed by atoms with Gasteiger partial charge in [0.2, 0.25) is 11.4 Å². The molecule has 2 N–H and O–H groups in total. The van der Waals surface area contributed by atoms with Gasteiger partial charge >= 0.3 is 12.1 Å². The lowest BCUT2D eigenvalue weighted by molar-refractivity contribution is -0.137. The third kappa shape index (κ3) is 5.66. The number of halogens is 1. The number of cyclic esters (lactones) is 2. The molecule has 0 saturated carbocycles. The number of aromatic nitrogens is 1. The molecule has 41 heavy (non-hydrogen) atoms. The van der Waals surface area contributed by atoms with E-state index in [-0.39, 0.29) is 36.2 Å². The molecule has 5 rings (SSSR count). The van der Waals surface area contributed by atoms with Crippen LogP contribution in [0.5, 0.6) is 5.75 Å². The standard InChI is InChI=1S/C31H31FN4O5/c1-4-20-6-5-7-22(9-8-20)28(37)34-24-14-21(15-33-16-24)12-13-31(29(38)41-30(39)35-31)18-36-17-23-10-11-25(40-3)27(32)26(23)19(36)2/h6,10-11,14-16,22H,2,4-5,7-9,17-18H2,1,3H3,(H,34,37)(H,35,39). The minimum absolute atomic E-state index is 0.0678. The van der Waals surface area contributed by atoms with Gasteiger partial charge in [0.05, 0.1) is 25.5 Å². The average molecular weight is 559 g/mol. The maximum absolute atomic E-state index is 15.0. The Morgan fingerprint density at radius 2 is 2.17 bits per heavy atom. The van der Waals surface area contributed by atoms with Crippen LogP contribution in [0.4, 0.5) is 14.9 Å². The van der Waals surface area contributed by atoms with E-state index in [0.717, 1.165) is 32.1 Å². The maximum atomic E-state index is 15.0. The summed E-state index contributed by atoms with van der Waals surface area (Å²) in [6.07, 6.45) is 8.71. The van der Waals surface area contributed by atoms with Crippen LogP contribution < -0.4 is 15.4 Å². The zero-order valence-corrected chi connectivity index (χ0v) is 23.0. The van der Waals surface area contributed by atoms with E-state index in [1.165, 1.54) is 31.1 Å². The fraction of sp³-hybridized carbons (Fsp3) is 0.355. The second-order valence-electron chi connectivity index (χ2n) is 10.4. The first kappa shape index (κ1) is 27.9. The van der Waals surface area contributed by atoms with Gasteiger partial charge in [-0.25, -0.2) is 14.0 Å². The zero-order chi connectivity index (χ0) is 29.1. The molecule has 1 fully saturated rings. The first-order chi connectivity index (χ1) is 19.7. The quantitative estimate of drug-likeness (QED) is 0.232. The molecule has 10 heteroatoms. The molecule has 9 nitrogen and oxygen atoms in total. The zero-order valence-electron chi connectivity index (χ0n) is 23.0. The van der Waals surface area contributed by atoms with Crippen molar-refractivity contribution in [1.29, 1.82) is 0 Å². The van der Waals surface area contributed by atoms with E-state index in [1.807, 2.05) is 0 Å². The van der Waals surface area contributed by atoms with Gasteiger partial charge in [-0.05, 0) is 49.8 Å². The van der Waals surface area contributed by atoms with Gasteiger partial charge in [0.25, 0.3) is 0 Å². The van der Waals surface area contributed by atoms with Crippen molar-refractivity contribution in [2.24, 2.45) is 5.92 Å². The summed E-state index contributed by atoms with van der Waals surface area (Å²) in [6.45, 7) is 6.26. The van der Waals surface area contributed by atoms with E-state index in [4.69, 9.17) is 9.47 Å². The van der Waals surface area contributed by atoms with Gasteiger partial charge in [0, 0.05) is 35.5 Å². The van der Waals surface area contributed by atoms with E-state index < -0.39 is 23.4 Å². The van der Waals surface area contributed by atoms with E-state index in [9.17, 15) is 18.8 Å². The molecule has 0 radical (unpaired) electrons. The summed E-state index contributed by atoms with van der Waals surface area (Å²) < 4.78 is 24.9. The van der Waals surface area contributed by atoms with Crippen molar-refractivity contribution < 1.29 is 28.2 Å². The van der Waals surface area contributed by atoms with Crippen LogP contribution in [0.2, 0.25) is 0 Å². The van der Waals surface area contributed by atoms with Crippen LogP contribution in [0.25, 0.3) is 5.70 Å². The number of carbonyl (C=O) groups is 3. The Morgan fingerprint density at radius 1 is 1.34 bits per heavy atom. The molecular weight excluding hydrogens is 527 g/mol. The molecule has 1 saturated heterocycles. The molecule has 1 aromatic heterocycles. The number of carbonyl (C=O) groups excluding carboxylic acids is 3. The van der Waals surface area contributed by atoms with Crippen molar-refractivity contribution in [2.75, 3.05) is 19.0 Å². The molecule has 212 valence electrons. The molecule has 3 heterocycles. The second-order valence-corrected chi connectivity index (χ2v) is 10.4. The second kappa shape index (κ2) is 11.5. The number of anilines is 1. The van der Waals surface area contributed by atoms with E-state index >= 15 is 0 Å². The van der Waals surface area contributed by atoms with Gasteiger partial charge in [0.15, 0.2) is 11.6 Å². The lowest BCUT2D eigenvalue weighted by atomic mass is 9.97. The summed E-state index contributed by atoms with van der Waals surface area (Å²) in [6, 6.07) is 4.92. The third-order valence-electron chi connectivity index (χ3n) is 7.73. The fourth-order valence-electron chi connectivity index (χ4n) is 5.42. The SMILES string of the molecule is C=C1c2c(ccc(OC)c2F)CN1CC1(C#Cc2cncc(NC(=O)C3CCC=C(CC)CC3)c2)NC(=O)OC1=O. The third-order valence-corrected chi connectivity index (χ3v) is 7.73. The van der Waals surface area contributed by atoms with Crippen molar-refractivity contribution in [3.05, 3.63) is 71.3 Å². The molecule has 1 aromatic carbocycles. The molecule has 2 aromatic rings. The number of allylic oxidation sites excluding steroid dienone is 2. The highest BCUT2D eigenvalue weighted by Crippen LogP contribution is 2.38. The number of hydrogen-bond donors (Lipinski definition) is 2. The first-order valence-electron chi connectivity index (χ1n) is 13.5. The van der Waals surface area contributed by atoms with Crippen LogP contribution in [0, 0.1) is 23.6 Å². The van der Waals surface area contributed by atoms with Gasteiger partial charge < -0.3 is 19.7 Å². The van der Waals surface area contributed by atoms with Crippen molar-refractivity contribution in [1.82, 2.24) is 15.2 Å². The van der Waals surface area contributed by atoms with Crippen molar-refractivity contribution in [3.8, 4) is 17.6 Å². The van der Waals surface area contributed by atoms with Crippen LogP contribution >= 0.6 is 0 Å². The van der Waals surface area contributed by atoms with Crippen molar-refractivity contribution in [2.45, 2.75) is 51.1 Å². The summed E-state index contributed by atoms with van der Waals surface area (Å²) in [5.74, 6) is 4.24. The highest BCUT2D eigenvalue weighted by molar-refractivity contribution is 6.02. The van der Waals surface area contributed by atoms with Crippen molar-refractivity contribution in [3.63, 3.8) is 0 Å². The predicted molar refractivity (Wildman–Crippen MR) is 150 cm³/mol. The number of amides is 2.